The first kappa shape index (κ1) is 16.5. The van der Waals surface area contributed by atoms with Crippen LogP contribution in [-0.2, 0) is 14.3 Å². The quantitative estimate of drug-likeness (QED) is 0.630. The van der Waals surface area contributed by atoms with Crippen molar-refractivity contribution in [1.82, 2.24) is 0 Å². The van der Waals surface area contributed by atoms with Crippen molar-refractivity contribution in [3.05, 3.63) is 30.3 Å². The molecule has 0 amide bonds. The Labute approximate surface area is 131 Å². The van der Waals surface area contributed by atoms with E-state index in [1.807, 2.05) is 39.0 Å². The van der Waals surface area contributed by atoms with Gasteiger partial charge in [0.25, 0.3) is 0 Å². The highest BCUT2D eigenvalue weighted by molar-refractivity contribution is 5.83. The molecule has 0 heterocycles. The minimum atomic E-state index is -0.708. The van der Waals surface area contributed by atoms with Gasteiger partial charge in [0.1, 0.15) is 5.75 Å². The number of hydrogen-bond donors (Lipinski definition) is 0. The second kappa shape index (κ2) is 6.11. The molecule has 4 heteroatoms. The van der Waals surface area contributed by atoms with Crippen LogP contribution >= 0.6 is 0 Å². The first-order chi connectivity index (χ1) is 10.3. The van der Waals surface area contributed by atoms with Gasteiger partial charge in [-0.2, -0.15) is 0 Å². The number of esters is 2. The number of para-hydroxylation sites is 1. The Balaban J connectivity index is 2.19. The molecule has 120 valence electrons. The van der Waals surface area contributed by atoms with E-state index >= 15 is 0 Å². The molecule has 4 nitrogen and oxygen atoms in total. The lowest BCUT2D eigenvalue weighted by molar-refractivity contribution is -0.158. The van der Waals surface area contributed by atoms with E-state index < -0.39 is 10.8 Å². The van der Waals surface area contributed by atoms with Gasteiger partial charge in [-0.3, -0.25) is 9.59 Å². The number of hydrogen-bond acceptors (Lipinski definition) is 4. The second-order valence-corrected chi connectivity index (χ2v) is 6.60. The Morgan fingerprint density at radius 3 is 2.41 bits per heavy atom. The predicted molar refractivity (Wildman–Crippen MR) is 83.3 cm³/mol. The molecule has 0 saturated heterocycles. The number of ether oxygens (including phenoxy) is 2. The largest absolute Gasteiger partial charge is 0.466 e. The molecule has 1 aromatic rings. The van der Waals surface area contributed by atoms with Gasteiger partial charge < -0.3 is 9.47 Å². The minimum absolute atomic E-state index is 0.219. The van der Waals surface area contributed by atoms with Crippen LogP contribution in [0.5, 0.6) is 5.75 Å². The van der Waals surface area contributed by atoms with E-state index in [4.69, 9.17) is 9.47 Å². The SMILES string of the molecule is CCOC(=O)[C@@H]1CC[C@](C)(C(=O)Oc2ccccc2)C1(C)C. The number of carbonyl (C=O) groups is 2. The van der Waals surface area contributed by atoms with E-state index in [1.54, 1.807) is 19.1 Å². The van der Waals surface area contributed by atoms with Crippen LogP contribution in [0.4, 0.5) is 0 Å². The fourth-order valence-electron chi connectivity index (χ4n) is 3.23. The molecule has 1 aliphatic carbocycles. The van der Waals surface area contributed by atoms with Crippen LogP contribution in [0, 0.1) is 16.7 Å². The summed E-state index contributed by atoms with van der Waals surface area (Å²) in [6.45, 7) is 7.94. The third-order valence-corrected chi connectivity index (χ3v) is 5.20. The van der Waals surface area contributed by atoms with E-state index in [0.29, 0.717) is 25.2 Å². The van der Waals surface area contributed by atoms with Crippen molar-refractivity contribution in [2.75, 3.05) is 6.61 Å². The standard InChI is InChI=1S/C18H24O4/c1-5-21-15(19)14-11-12-18(4,17(14,2)3)16(20)22-13-9-7-6-8-10-13/h6-10,14H,5,11-12H2,1-4H3/t14-,18+/m0/s1. The summed E-state index contributed by atoms with van der Waals surface area (Å²) in [6, 6.07) is 9.03. The molecule has 0 bridgehead atoms. The lowest BCUT2D eigenvalue weighted by Crippen LogP contribution is -2.45. The first-order valence-electron chi connectivity index (χ1n) is 7.77. The topological polar surface area (TPSA) is 52.6 Å². The van der Waals surface area contributed by atoms with Crippen molar-refractivity contribution in [2.24, 2.45) is 16.7 Å². The third-order valence-electron chi connectivity index (χ3n) is 5.20. The molecule has 0 aliphatic heterocycles. The van der Waals surface area contributed by atoms with Crippen molar-refractivity contribution >= 4 is 11.9 Å². The summed E-state index contributed by atoms with van der Waals surface area (Å²) in [4.78, 5) is 24.9. The summed E-state index contributed by atoms with van der Waals surface area (Å²) in [5.74, 6) is -0.246. The molecule has 0 unspecified atom stereocenters. The minimum Gasteiger partial charge on any atom is -0.466 e. The molecule has 0 N–H and O–H groups in total. The second-order valence-electron chi connectivity index (χ2n) is 6.60. The number of carbonyl (C=O) groups excluding carboxylic acids is 2. The monoisotopic (exact) mass is 304 g/mol. The van der Waals surface area contributed by atoms with E-state index in [2.05, 4.69) is 0 Å². The number of rotatable bonds is 4. The molecule has 1 aliphatic rings. The molecule has 2 atom stereocenters. The van der Waals surface area contributed by atoms with Gasteiger partial charge in [-0.05, 0) is 44.2 Å². The lowest BCUT2D eigenvalue weighted by atomic mass is 9.65. The Hall–Kier alpha value is -1.84. The van der Waals surface area contributed by atoms with E-state index in [-0.39, 0.29) is 17.9 Å². The van der Waals surface area contributed by atoms with Crippen molar-refractivity contribution in [3.63, 3.8) is 0 Å². The average molecular weight is 304 g/mol. The zero-order chi connectivity index (χ0) is 16.4. The smallest absolute Gasteiger partial charge is 0.317 e. The van der Waals surface area contributed by atoms with Gasteiger partial charge in [0.15, 0.2) is 0 Å². The number of benzene rings is 1. The third kappa shape index (κ3) is 2.74. The van der Waals surface area contributed by atoms with Crippen molar-refractivity contribution in [3.8, 4) is 5.75 Å². The Morgan fingerprint density at radius 2 is 1.82 bits per heavy atom. The van der Waals surface area contributed by atoms with Crippen LogP contribution < -0.4 is 4.74 Å². The normalized spacial score (nSPS) is 26.5. The summed E-state index contributed by atoms with van der Waals surface area (Å²) >= 11 is 0. The molecular formula is C18H24O4. The zero-order valence-corrected chi connectivity index (χ0v) is 13.7. The highest BCUT2D eigenvalue weighted by Crippen LogP contribution is 2.56. The fourth-order valence-corrected chi connectivity index (χ4v) is 3.23. The van der Waals surface area contributed by atoms with Gasteiger partial charge in [-0.1, -0.05) is 32.0 Å². The lowest BCUT2D eigenvalue weighted by Gasteiger charge is -2.38. The molecule has 1 saturated carbocycles. The van der Waals surface area contributed by atoms with E-state index in [9.17, 15) is 9.59 Å². The molecule has 1 fully saturated rings. The van der Waals surface area contributed by atoms with Crippen LogP contribution in [0.25, 0.3) is 0 Å². The summed E-state index contributed by atoms with van der Waals surface area (Å²) in [6.07, 6.45) is 1.27. The van der Waals surface area contributed by atoms with Gasteiger partial charge in [0.05, 0.1) is 17.9 Å². The van der Waals surface area contributed by atoms with Gasteiger partial charge >= 0.3 is 11.9 Å². The van der Waals surface area contributed by atoms with Gasteiger partial charge in [0, 0.05) is 0 Å². The average Bonchev–Trinajstić information content (AvgIpc) is 2.72. The van der Waals surface area contributed by atoms with Gasteiger partial charge in [0.2, 0.25) is 0 Å². The van der Waals surface area contributed by atoms with Crippen LogP contribution in [0.3, 0.4) is 0 Å². The summed E-state index contributed by atoms with van der Waals surface area (Å²) in [5, 5.41) is 0. The van der Waals surface area contributed by atoms with E-state index in [1.165, 1.54) is 0 Å². The van der Waals surface area contributed by atoms with Gasteiger partial charge in [-0.15, -0.1) is 0 Å². The highest BCUT2D eigenvalue weighted by atomic mass is 16.5. The van der Waals surface area contributed by atoms with Crippen molar-refractivity contribution in [2.45, 2.75) is 40.5 Å². The Bertz CT molecular complexity index is 549. The molecule has 0 radical (unpaired) electrons. The predicted octanol–water partition coefficient (Wildman–Crippen LogP) is 3.60. The van der Waals surface area contributed by atoms with Crippen LogP contribution in [0.15, 0.2) is 30.3 Å². The van der Waals surface area contributed by atoms with Crippen LogP contribution in [0.1, 0.15) is 40.5 Å². The maximum Gasteiger partial charge on any atom is 0.317 e. The zero-order valence-electron chi connectivity index (χ0n) is 13.7. The van der Waals surface area contributed by atoms with E-state index in [0.717, 1.165) is 0 Å². The van der Waals surface area contributed by atoms with Crippen LogP contribution in [-0.4, -0.2) is 18.5 Å². The first-order valence-corrected chi connectivity index (χ1v) is 7.77. The summed E-state index contributed by atoms with van der Waals surface area (Å²) in [7, 11) is 0. The van der Waals surface area contributed by atoms with Crippen molar-refractivity contribution in [1.29, 1.82) is 0 Å². The molecule has 2 rings (SSSR count). The maximum atomic E-state index is 12.7. The summed E-state index contributed by atoms with van der Waals surface area (Å²) in [5.41, 5.74) is -1.22. The van der Waals surface area contributed by atoms with Crippen molar-refractivity contribution < 1.29 is 19.1 Å². The van der Waals surface area contributed by atoms with Gasteiger partial charge in [-0.25, -0.2) is 0 Å². The fraction of sp³-hybridized carbons (Fsp3) is 0.556. The highest BCUT2D eigenvalue weighted by Gasteiger charge is 2.59. The summed E-state index contributed by atoms with van der Waals surface area (Å²) < 4.78 is 10.7. The molecular weight excluding hydrogens is 280 g/mol. The molecule has 0 spiro atoms. The Morgan fingerprint density at radius 1 is 1.18 bits per heavy atom. The maximum absolute atomic E-state index is 12.7. The van der Waals surface area contributed by atoms with Crippen LogP contribution in [0.2, 0.25) is 0 Å². The molecule has 1 aromatic carbocycles. The Kier molecular flexibility index (Phi) is 4.59. The molecule has 0 aromatic heterocycles. The molecule has 22 heavy (non-hydrogen) atoms.